The zero-order chi connectivity index (χ0) is 10.3. The van der Waals surface area contributed by atoms with Gasteiger partial charge in [-0.1, -0.05) is 0 Å². The van der Waals surface area contributed by atoms with Gasteiger partial charge in [-0.2, -0.15) is 0 Å². The Hall–Kier alpha value is -0.610. The van der Waals surface area contributed by atoms with Crippen molar-refractivity contribution in [3.63, 3.8) is 0 Å². The van der Waals surface area contributed by atoms with Crippen LogP contribution in [-0.4, -0.2) is 39.4 Å². The molecule has 13 heavy (non-hydrogen) atoms. The fraction of sp³-hybridized carbons (Fsp3) is 0.889. The molecule has 0 aliphatic carbocycles. The number of likely N-dealkylation sites (N-methyl/N-ethyl adjacent to an activating group) is 1. The zero-order valence-corrected chi connectivity index (χ0v) is 8.85. The van der Waals surface area contributed by atoms with Gasteiger partial charge in [-0.05, 0) is 26.8 Å². The van der Waals surface area contributed by atoms with Gasteiger partial charge in [0.25, 0.3) is 0 Å². The summed E-state index contributed by atoms with van der Waals surface area (Å²) in [5.41, 5.74) is -0.590. The molecule has 1 unspecified atom stereocenters. The number of esters is 1. The Balaban J connectivity index is 4.03. The van der Waals surface area contributed by atoms with E-state index in [0.717, 1.165) is 6.42 Å². The van der Waals surface area contributed by atoms with Crippen molar-refractivity contribution in [2.45, 2.75) is 25.3 Å². The van der Waals surface area contributed by atoms with Gasteiger partial charge in [0.1, 0.15) is 5.54 Å². The van der Waals surface area contributed by atoms with Crippen LogP contribution in [0.15, 0.2) is 0 Å². The van der Waals surface area contributed by atoms with Gasteiger partial charge < -0.3 is 14.8 Å². The average molecular weight is 189 g/mol. The Bertz CT molecular complexity index is 161. The first-order valence-corrected chi connectivity index (χ1v) is 4.37. The Labute approximate surface area is 79.6 Å². The SMILES string of the molecule is CNC(C)(CCCOC)C(=O)OC. The predicted octanol–water partition coefficient (Wildman–Crippen LogP) is 0.564. The molecule has 4 heteroatoms. The summed E-state index contributed by atoms with van der Waals surface area (Å²) in [6.07, 6.45) is 1.55. The molecule has 0 aromatic carbocycles. The topological polar surface area (TPSA) is 47.6 Å². The van der Waals surface area contributed by atoms with Gasteiger partial charge in [-0.3, -0.25) is 4.79 Å². The Kier molecular flexibility index (Phi) is 5.66. The van der Waals surface area contributed by atoms with Gasteiger partial charge in [0, 0.05) is 13.7 Å². The molecule has 1 N–H and O–H groups in total. The molecule has 0 heterocycles. The molecule has 0 aromatic heterocycles. The van der Waals surface area contributed by atoms with Crippen LogP contribution in [0.2, 0.25) is 0 Å². The standard InChI is InChI=1S/C9H19NO3/c1-9(10-2,8(11)13-4)6-5-7-12-3/h10H,5-7H2,1-4H3. The van der Waals surface area contributed by atoms with Crippen LogP contribution in [-0.2, 0) is 14.3 Å². The van der Waals surface area contributed by atoms with E-state index in [2.05, 4.69) is 5.32 Å². The maximum absolute atomic E-state index is 11.3. The van der Waals surface area contributed by atoms with Crippen LogP contribution in [0.1, 0.15) is 19.8 Å². The molecule has 0 bridgehead atoms. The molecular formula is C9H19NO3. The Morgan fingerprint density at radius 2 is 2.08 bits per heavy atom. The quantitative estimate of drug-likeness (QED) is 0.490. The van der Waals surface area contributed by atoms with E-state index in [-0.39, 0.29) is 5.97 Å². The summed E-state index contributed by atoms with van der Waals surface area (Å²) in [6, 6.07) is 0. The van der Waals surface area contributed by atoms with E-state index in [0.29, 0.717) is 13.0 Å². The van der Waals surface area contributed by atoms with Crippen molar-refractivity contribution in [1.29, 1.82) is 0 Å². The number of carbonyl (C=O) groups excluding carboxylic acids is 1. The first kappa shape index (κ1) is 12.4. The van der Waals surface area contributed by atoms with E-state index < -0.39 is 5.54 Å². The fourth-order valence-electron chi connectivity index (χ4n) is 1.12. The second kappa shape index (κ2) is 5.94. The highest BCUT2D eigenvalue weighted by Gasteiger charge is 2.31. The lowest BCUT2D eigenvalue weighted by Gasteiger charge is -2.25. The lowest BCUT2D eigenvalue weighted by molar-refractivity contribution is -0.148. The second-order valence-electron chi connectivity index (χ2n) is 3.17. The van der Waals surface area contributed by atoms with Crippen LogP contribution in [0.4, 0.5) is 0 Å². The fourth-order valence-corrected chi connectivity index (χ4v) is 1.12. The minimum atomic E-state index is -0.590. The molecule has 0 aromatic rings. The number of nitrogens with one attached hydrogen (secondary N) is 1. The molecule has 0 radical (unpaired) electrons. The average Bonchev–Trinajstić information content (AvgIpc) is 2.16. The van der Waals surface area contributed by atoms with Gasteiger partial charge in [-0.25, -0.2) is 0 Å². The third kappa shape index (κ3) is 3.74. The second-order valence-corrected chi connectivity index (χ2v) is 3.17. The van der Waals surface area contributed by atoms with Crippen molar-refractivity contribution >= 4 is 5.97 Å². The summed E-state index contributed by atoms with van der Waals surface area (Å²) < 4.78 is 9.61. The maximum Gasteiger partial charge on any atom is 0.325 e. The van der Waals surface area contributed by atoms with Gasteiger partial charge in [0.15, 0.2) is 0 Å². The van der Waals surface area contributed by atoms with E-state index >= 15 is 0 Å². The van der Waals surface area contributed by atoms with Crippen molar-refractivity contribution in [1.82, 2.24) is 5.32 Å². The lowest BCUT2D eigenvalue weighted by Crippen LogP contribution is -2.48. The van der Waals surface area contributed by atoms with Crippen LogP contribution in [0.5, 0.6) is 0 Å². The number of hydrogen-bond donors (Lipinski definition) is 1. The molecule has 1 atom stereocenters. The van der Waals surface area contributed by atoms with Crippen molar-refractivity contribution in [3.05, 3.63) is 0 Å². The summed E-state index contributed by atoms with van der Waals surface area (Å²) in [7, 11) is 4.80. The summed E-state index contributed by atoms with van der Waals surface area (Å²) >= 11 is 0. The molecule has 0 aliphatic heterocycles. The molecular weight excluding hydrogens is 170 g/mol. The van der Waals surface area contributed by atoms with E-state index in [1.165, 1.54) is 7.11 Å². The van der Waals surface area contributed by atoms with Crippen LogP contribution in [0.25, 0.3) is 0 Å². The minimum Gasteiger partial charge on any atom is -0.468 e. The number of carbonyl (C=O) groups is 1. The third-order valence-electron chi connectivity index (χ3n) is 2.21. The molecule has 0 saturated heterocycles. The molecule has 0 fully saturated rings. The van der Waals surface area contributed by atoms with Crippen LogP contribution >= 0.6 is 0 Å². The number of ether oxygens (including phenoxy) is 2. The summed E-state index contributed by atoms with van der Waals surface area (Å²) in [5.74, 6) is -0.230. The predicted molar refractivity (Wildman–Crippen MR) is 50.6 cm³/mol. The zero-order valence-electron chi connectivity index (χ0n) is 8.85. The number of hydrogen-bond acceptors (Lipinski definition) is 4. The van der Waals surface area contributed by atoms with Crippen molar-refractivity contribution in [2.24, 2.45) is 0 Å². The van der Waals surface area contributed by atoms with Crippen LogP contribution in [0.3, 0.4) is 0 Å². The largest absolute Gasteiger partial charge is 0.468 e. The minimum absolute atomic E-state index is 0.230. The third-order valence-corrected chi connectivity index (χ3v) is 2.21. The first-order valence-electron chi connectivity index (χ1n) is 4.37. The lowest BCUT2D eigenvalue weighted by atomic mass is 9.96. The normalized spacial score (nSPS) is 15.1. The molecule has 0 aliphatic rings. The number of methoxy groups -OCH3 is 2. The van der Waals surface area contributed by atoms with E-state index in [9.17, 15) is 4.79 Å². The highest BCUT2D eigenvalue weighted by Crippen LogP contribution is 2.13. The molecule has 78 valence electrons. The summed E-state index contributed by atoms with van der Waals surface area (Å²) in [6.45, 7) is 2.49. The molecule has 0 amide bonds. The van der Waals surface area contributed by atoms with Crippen molar-refractivity contribution < 1.29 is 14.3 Å². The molecule has 4 nitrogen and oxygen atoms in total. The Morgan fingerprint density at radius 3 is 2.46 bits per heavy atom. The molecule has 0 spiro atoms. The van der Waals surface area contributed by atoms with Crippen molar-refractivity contribution in [2.75, 3.05) is 27.9 Å². The van der Waals surface area contributed by atoms with E-state index in [1.54, 1.807) is 14.2 Å². The van der Waals surface area contributed by atoms with Crippen LogP contribution < -0.4 is 5.32 Å². The van der Waals surface area contributed by atoms with Gasteiger partial charge in [-0.15, -0.1) is 0 Å². The molecule has 0 saturated carbocycles. The maximum atomic E-state index is 11.3. The van der Waals surface area contributed by atoms with Gasteiger partial charge >= 0.3 is 5.97 Å². The van der Waals surface area contributed by atoms with Crippen molar-refractivity contribution in [3.8, 4) is 0 Å². The molecule has 0 rings (SSSR count). The monoisotopic (exact) mass is 189 g/mol. The number of rotatable bonds is 6. The van der Waals surface area contributed by atoms with Gasteiger partial charge in [0.2, 0.25) is 0 Å². The highest BCUT2D eigenvalue weighted by atomic mass is 16.5. The first-order chi connectivity index (χ1) is 6.10. The smallest absolute Gasteiger partial charge is 0.325 e. The van der Waals surface area contributed by atoms with E-state index in [4.69, 9.17) is 9.47 Å². The summed E-state index contributed by atoms with van der Waals surface area (Å²) in [4.78, 5) is 11.3. The highest BCUT2D eigenvalue weighted by molar-refractivity contribution is 5.80. The summed E-state index contributed by atoms with van der Waals surface area (Å²) in [5, 5.41) is 2.96. The van der Waals surface area contributed by atoms with Gasteiger partial charge in [0.05, 0.1) is 7.11 Å². The van der Waals surface area contributed by atoms with E-state index in [1.807, 2.05) is 6.92 Å². The Morgan fingerprint density at radius 1 is 1.46 bits per heavy atom. The van der Waals surface area contributed by atoms with Crippen LogP contribution in [0, 0.1) is 0 Å².